The molecule has 1 unspecified atom stereocenters. The highest BCUT2D eigenvalue weighted by atomic mass is 79.9. The van der Waals surface area contributed by atoms with Gasteiger partial charge in [-0.25, -0.2) is 0 Å². The van der Waals surface area contributed by atoms with E-state index in [1.54, 1.807) is 24.5 Å². The molecule has 6 heteroatoms. The van der Waals surface area contributed by atoms with Crippen LogP contribution in [0.5, 0.6) is 0 Å². The van der Waals surface area contributed by atoms with Crippen LogP contribution >= 0.6 is 27.3 Å². The van der Waals surface area contributed by atoms with Crippen molar-refractivity contribution in [1.82, 2.24) is 5.32 Å². The Morgan fingerprint density at radius 3 is 2.78 bits per heavy atom. The van der Waals surface area contributed by atoms with Crippen molar-refractivity contribution in [3.05, 3.63) is 69.7 Å². The monoisotopic (exact) mass is 391 g/mol. The number of aliphatic hydroxyl groups is 1. The summed E-state index contributed by atoms with van der Waals surface area (Å²) in [6.07, 6.45) is 0.860. The third kappa shape index (κ3) is 3.72. The molecule has 0 saturated carbocycles. The number of rotatable bonds is 5. The number of hydrogen-bond donors (Lipinski definition) is 2. The van der Waals surface area contributed by atoms with Gasteiger partial charge in [0.2, 0.25) is 0 Å². The van der Waals surface area contributed by atoms with Gasteiger partial charge in [0.25, 0.3) is 5.91 Å². The van der Waals surface area contributed by atoms with Gasteiger partial charge >= 0.3 is 0 Å². The van der Waals surface area contributed by atoms with E-state index in [-0.39, 0.29) is 12.5 Å². The van der Waals surface area contributed by atoms with Gasteiger partial charge in [0.15, 0.2) is 0 Å². The van der Waals surface area contributed by atoms with Gasteiger partial charge in [-0.3, -0.25) is 4.79 Å². The van der Waals surface area contributed by atoms with E-state index in [1.807, 2.05) is 30.3 Å². The van der Waals surface area contributed by atoms with Crippen molar-refractivity contribution in [1.29, 1.82) is 0 Å². The number of halogens is 1. The van der Waals surface area contributed by atoms with Crippen molar-refractivity contribution in [2.45, 2.75) is 6.10 Å². The zero-order chi connectivity index (χ0) is 16.2. The predicted molar refractivity (Wildman–Crippen MR) is 93.5 cm³/mol. The lowest BCUT2D eigenvalue weighted by atomic mass is 10.2. The molecule has 0 fully saturated rings. The molecule has 0 aliphatic heterocycles. The largest absolute Gasteiger partial charge is 0.464 e. The first-order valence-electron chi connectivity index (χ1n) is 6.99. The summed E-state index contributed by atoms with van der Waals surface area (Å²) in [5.74, 6) is 0.546. The molecule has 2 N–H and O–H groups in total. The molecule has 0 aliphatic rings. The minimum atomic E-state index is -0.754. The van der Waals surface area contributed by atoms with Gasteiger partial charge in [0.1, 0.15) is 11.9 Å². The van der Waals surface area contributed by atoms with Crippen LogP contribution in [0, 0.1) is 0 Å². The van der Waals surface area contributed by atoms with Crippen LogP contribution < -0.4 is 5.32 Å². The Bertz CT molecular complexity index is 798. The minimum absolute atomic E-state index is 0.151. The second kappa shape index (κ2) is 7.12. The van der Waals surface area contributed by atoms with Crippen LogP contribution in [0.4, 0.5) is 0 Å². The summed E-state index contributed by atoms with van der Waals surface area (Å²) >= 11 is 4.79. The van der Waals surface area contributed by atoms with E-state index in [0.717, 1.165) is 20.0 Å². The lowest BCUT2D eigenvalue weighted by Gasteiger charge is -2.11. The van der Waals surface area contributed by atoms with E-state index in [9.17, 15) is 9.90 Å². The summed E-state index contributed by atoms with van der Waals surface area (Å²) in [5, 5.41) is 13.0. The molecule has 0 spiro atoms. The Morgan fingerprint density at radius 1 is 1.22 bits per heavy atom. The first-order chi connectivity index (χ1) is 11.1. The number of nitrogens with one attached hydrogen (secondary N) is 1. The van der Waals surface area contributed by atoms with E-state index in [1.165, 1.54) is 11.3 Å². The van der Waals surface area contributed by atoms with Crippen molar-refractivity contribution in [3.8, 4) is 10.6 Å². The number of furan rings is 1. The highest BCUT2D eigenvalue weighted by Crippen LogP contribution is 2.31. The SMILES string of the molecule is O=C(NCC(O)c1ccc(-c2ccco2)s1)c1ccccc1Br. The molecule has 3 aromatic rings. The highest BCUT2D eigenvalue weighted by molar-refractivity contribution is 9.10. The van der Waals surface area contributed by atoms with Crippen molar-refractivity contribution >= 4 is 33.2 Å². The summed E-state index contributed by atoms with van der Waals surface area (Å²) in [5.41, 5.74) is 0.544. The van der Waals surface area contributed by atoms with Gasteiger partial charge < -0.3 is 14.8 Å². The number of benzene rings is 1. The van der Waals surface area contributed by atoms with Crippen LogP contribution in [0.1, 0.15) is 21.3 Å². The molecule has 0 bridgehead atoms. The van der Waals surface area contributed by atoms with Gasteiger partial charge in [0.05, 0.1) is 16.7 Å². The fourth-order valence-electron chi connectivity index (χ4n) is 2.11. The second-order valence-corrected chi connectivity index (χ2v) is 6.85. The predicted octanol–water partition coefficient (Wildman–Crippen LogP) is 4.23. The molecule has 0 saturated heterocycles. The Labute approximate surface area is 145 Å². The van der Waals surface area contributed by atoms with Crippen molar-refractivity contribution in [2.24, 2.45) is 0 Å². The fraction of sp³-hybridized carbons (Fsp3) is 0.118. The minimum Gasteiger partial charge on any atom is -0.464 e. The quantitative estimate of drug-likeness (QED) is 0.683. The summed E-state index contributed by atoms with van der Waals surface area (Å²) in [6, 6.07) is 14.6. The summed E-state index contributed by atoms with van der Waals surface area (Å²) in [4.78, 5) is 13.9. The maximum atomic E-state index is 12.1. The molecule has 2 aromatic heterocycles. The number of carbonyl (C=O) groups excluding carboxylic acids is 1. The van der Waals surface area contributed by atoms with Crippen LogP contribution in [0.3, 0.4) is 0 Å². The van der Waals surface area contributed by atoms with Crippen molar-refractivity contribution < 1.29 is 14.3 Å². The molecule has 1 amide bonds. The van der Waals surface area contributed by atoms with E-state index in [0.29, 0.717) is 5.56 Å². The van der Waals surface area contributed by atoms with E-state index in [2.05, 4.69) is 21.2 Å². The van der Waals surface area contributed by atoms with Crippen LogP contribution in [0.25, 0.3) is 10.6 Å². The summed E-state index contributed by atoms with van der Waals surface area (Å²) < 4.78 is 6.06. The summed E-state index contributed by atoms with van der Waals surface area (Å²) in [7, 11) is 0. The molecule has 2 heterocycles. The molecular formula is C17H14BrNO3S. The highest BCUT2D eigenvalue weighted by Gasteiger charge is 2.15. The van der Waals surface area contributed by atoms with Gasteiger partial charge in [-0.1, -0.05) is 12.1 Å². The molecule has 0 aliphatic carbocycles. The number of aliphatic hydroxyl groups excluding tert-OH is 1. The van der Waals surface area contributed by atoms with Crippen LogP contribution in [0.2, 0.25) is 0 Å². The standard InChI is InChI=1S/C17H14BrNO3S/c18-12-5-2-1-4-11(12)17(21)19-10-13(20)15-7-8-16(23-15)14-6-3-9-22-14/h1-9,13,20H,10H2,(H,19,21). The Morgan fingerprint density at radius 2 is 2.04 bits per heavy atom. The van der Waals surface area contributed by atoms with E-state index < -0.39 is 6.10 Å². The topological polar surface area (TPSA) is 62.5 Å². The molecule has 4 nitrogen and oxygen atoms in total. The first-order valence-corrected chi connectivity index (χ1v) is 8.60. The average Bonchev–Trinajstić information content (AvgIpc) is 3.23. The van der Waals surface area contributed by atoms with Gasteiger partial charge in [-0.2, -0.15) is 0 Å². The average molecular weight is 392 g/mol. The normalized spacial score (nSPS) is 12.1. The number of thiophene rings is 1. The lowest BCUT2D eigenvalue weighted by molar-refractivity contribution is 0.0917. The molecule has 23 heavy (non-hydrogen) atoms. The van der Waals surface area contributed by atoms with Crippen LogP contribution in [0.15, 0.2) is 63.7 Å². The van der Waals surface area contributed by atoms with E-state index in [4.69, 9.17) is 4.42 Å². The number of hydrogen-bond acceptors (Lipinski definition) is 4. The summed E-state index contributed by atoms with van der Waals surface area (Å²) in [6.45, 7) is 0.151. The molecule has 3 rings (SSSR count). The molecule has 118 valence electrons. The van der Waals surface area contributed by atoms with E-state index >= 15 is 0 Å². The Kier molecular flexibility index (Phi) is 4.95. The number of carbonyl (C=O) groups is 1. The van der Waals surface area contributed by atoms with Crippen molar-refractivity contribution in [3.63, 3.8) is 0 Å². The Hall–Kier alpha value is -1.89. The maximum absolute atomic E-state index is 12.1. The smallest absolute Gasteiger partial charge is 0.252 e. The Balaban J connectivity index is 1.62. The first kappa shape index (κ1) is 16.0. The maximum Gasteiger partial charge on any atom is 0.252 e. The fourth-order valence-corrected chi connectivity index (χ4v) is 3.54. The zero-order valence-corrected chi connectivity index (χ0v) is 14.4. The molecule has 0 radical (unpaired) electrons. The third-order valence-corrected chi connectivity index (χ3v) is 5.19. The number of amides is 1. The van der Waals surface area contributed by atoms with Crippen LogP contribution in [-0.4, -0.2) is 17.6 Å². The van der Waals surface area contributed by atoms with Gasteiger partial charge in [-0.15, -0.1) is 11.3 Å². The van der Waals surface area contributed by atoms with Gasteiger partial charge in [0, 0.05) is 15.9 Å². The second-order valence-electron chi connectivity index (χ2n) is 4.88. The zero-order valence-electron chi connectivity index (χ0n) is 12.0. The van der Waals surface area contributed by atoms with Gasteiger partial charge in [-0.05, 0) is 52.3 Å². The molecule has 1 aromatic carbocycles. The lowest BCUT2D eigenvalue weighted by Crippen LogP contribution is -2.28. The van der Waals surface area contributed by atoms with Crippen LogP contribution in [-0.2, 0) is 0 Å². The molecular weight excluding hydrogens is 378 g/mol. The molecule has 1 atom stereocenters. The van der Waals surface area contributed by atoms with Crippen molar-refractivity contribution in [2.75, 3.05) is 6.54 Å². The third-order valence-electron chi connectivity index (χ3n) is 3.29.